The summed E-state index contributed by atoms with van der Waals surface area (Å²) in [5.74, 6) is -0.411. The Morgan fingerprint density at radius 2 is 1.88 bits per heavy atom. The topological polar surface area (TPSA) is 60.2 Å². The Morgan fingerprint density at radius 1 is 1.31 bits per heavy atom. The van der Waals surface area contributed by atoms with Crippen LogP contribution in [0.15, 0.2) is 24.3 Å². The van der Waals surface area contributed by atoms with Gasteiger partial charge in [0.1, 0.15) is 5.82 Å². The van der Waals surface area contributed by atoms with Gasteiger partial charge in [0.25, 0.3) is 0 Å². The minimum absolute atomic E-state index is 0.0274. The van der Waals surface area contributed by atoms with E-state index in [2.05, 4.69) is 0 Å². The molecule has 2 rings (SSSR count). The molecule has 3 atom stereocenters. The Morgan fingerprint density at radius 3 is 2.25 bits per heavy atom. The maximum atomic E-state index is 12.7. The van der Waals surface area contributed by atoms with Crippen molar-refractivity contribution in [1.82, 2.24) is 0 Å². The van der Waals surface area contributed by atoms with E-state index < -0.39 is 15.1 Å². The number of sulfone groups is 1. The molecule has 16 heavy (non-hydrogen) atoms. The fourth-order valence-electron chi connectivity index (χ4n) is 2.33. The molecule has 1 fully saturated rings. The summed E-state index contributed by atoms with van der Waals surface area (Å²) < 4.78 is 35.7. The van der Waals surface area contributed by atoms with E-state index in [9.17, 15) is 12.8 Å². The van der Waals surface area contributed by atoms with Gasteiger partial charge in [-0.05, 0) is 30.2 Å². The lowest BCUT2D eigenvalue weighted by Gasteiger charge is -1.98. The molecule has 0 aromatic heterocycles. The molecule has 0 amide bonds. The van der Waals surface area contributed by atoms with Gasteiger partial charge in [0.05, 0.1) is 5.25 Å². The van der Waals surface area contributed by atoms with Crippen molar-refractivity contribution in [3.05, 3.63) is 35.6 Å². The van der Waals surface area contributed by atoms with Gasteiger partial charge >= 0.3 is 0 Å². The molecule has 1 saturated carbocycles. The zero-order chi connectivity index (χ0) is 11.9. The Bertz CT molecular complexity index is 483. The number of halogens is 1. The Balaban J connectivity index is 2.27. The van der Waals surface area contributed by atoms with E-state index in [-0.39, 0.29) is 17.7 Å². The normalized spacial score (nSPS) is 29.1. The monoisotopic (exact) mass is 243 g/mol. The average molecular weight is 243 g/mol. The van der Waals surface area contributed by atoms with Crippen molar-refractivity contribution >= 4 is 9.84 Å². The van der Waals surface area contributed by atoms with Crippen molar-refractivity contribution in [3.8, 4) is 0 Å². The first-order valence-electron chi connectivity index (χ1n) is 5.09. The summed E-state index contributed by atoms with van der Waals surface area (Å²) in [6, 6.07) is 5.96. The van der Waals surface area contributed by atoms with Gasteiger partial charge in [-0.1, -0.05) is 12.1 Å². The molecule has 0 radical (unpaired) electrons. The van der Waals surface area contributed by atoms with E-state index in [1.54, 1.807) is 12.1 Å². The average Bonchev–Trinajstić information content (AvgIpc) is 2.92. The first-order chi connectivity index (χ1) is 7.45. The zero-order valence-electron chi connectivity index (χ0n) is 8.93. The molecule has 2 N–H and O–H groups in total. The van der Waals surface area contributed by atoms with Crippen LogP contribution in [0.2, 0.25) is 0 Å². The van der Waals surface area contributed by atoms with Gasteiger partial charge in [0.15, 0.2) is 9.84 Å². The zero-order valence-corrected chi connectivity index (χ0v) is 9.75. The number of nitrogens with two attached hydrogens (primary N) is 1. The number of hydrogen-bond donors (Lipinski definition) is 1. The van der Waals surface area contributed by atoms with Crippen molar-refractivity contribution in [2.75, 3.05) is 12.8 Å². The predicted octanol–water partition coefficient (Wildman–Crippen LogP) is 0.911. The van der Waals surface area contributed by atoms with Crippen molar-refractivity contribution < 1.29 is 12.8 Å². The van der Waals surface area contributed by atoms with E-state index in [0.29, 0.717) is 6.54 Å². The van der Waals surface area contributed by atoms with E-state index in [1.165, 1.54) is 18.4 Å². The first-order valence-corrected chi connectivity index (χ1v) is 7.05. The quantitative estimate of drug-likeness (QED) is 0.858. The van der Waals surface area contributed by atoms with Crippen LogP contribution < -0.4 is 5.73 Å². The molecule has 0 aliphatic heterocycles. The van der Waals surface area contributed by atoms with Crippen molar-refractivity contribution in [1.29, 1.82) is 0 Å². The van der Waals surface area contributed by atoms with Gasteiger partial charge in [-0.15, -0.1) is 0 Å². The van der Waals surface area contributed by atoms with Crippen LogP contribution in [0.1, 0.15) is 11.5 Å². The Hall–Kier alpha value is -0.940. The maximum absolute atomic E-state index is 12.7. The molecule has 0 saturated heterocycles. The molecule has 0 heterocycles. The summed E-state index contributed by atoms with van der Waals surface area (Å²) in [4.78, 5) is 0. The van der Waals surface area contributed by atoms with Crippen LogP contribution in [-0.4, -0.2) is 26.5 Å². The highest BCUT2D eigenvalue weighted by Gasteiger charge is 2.55. The molecule has 1 aliphatic carbocycles. The molecule has 0 spiro atoms. The number of hydrogen-bond acceptors (Lipinski definition) is 3. The van der Waals surface area contributed by atoms with Crippen molar-refractivity contribution in [2.45, 2.75) is 11.2 Å². The fraction of sp³-hybridized carbons (Fsp3) is 0.455. The van der Waals surface area contributed by atoms with Crippen molar-refractivity contribution in [2.24, 2.45) is 11.7 Å². The molecule has 0 bridgehead atoms. The van der Waals surface area contributed by atoms with Gasteiger partial charge in [0.2, 0.25) is 0 Å². The van der Waals surface area contributed by atoms with Crippen LogP contribution in [0, 0.1) is 11.7 Å². The number of rotatable bonds is 3. The minimum Gasteiger partial charge on any atom is -0.330 e. The third-order valence-corrected chi connectivity index (χ3v) is 4.75. The van der Waals surface area contributed by atoms with E-state index >= 15 is 0 Å². The van der Waals surface area contributed by atoms with Gasteiger partial charge < -0.3 is 5.73 Å². The first kappa shape index (κ1) is 11.5. The lowest BCUT2D eigenvalue weighted by molar-refractivity contribution is 0.597. The predicted molar refractivity (Wildman–Crippen MR) is 60.3 cm³/mol. The second-order valence-electron chi connectivity index (χ2n) is 4.27. The standard InChI is InChI=1S/C11H14FNO2S/c1-16(14,15)11-9(6-13)10(11)7-2-4-8(12)5-3-7/h2-5,9-11H,6,13H2,1H3/t9-,10+,11-/m1/s1. The van der Waals surface area contributed by atoms with E-state index in [1.807, 2.05) is 0 Å². The second kappa shape index (κ2) is 3.82. The second-order valence-corrected chi connectivity index (χ2v) is 6.47. The van der Waals surface area contributed by atoms with Gasteiger partial charge in [-0.3, -0.25) is 0 Å². The molecule has 1 aromatic rings. The lowest BCUT2D eigenvalue weighted by atomic mass is 10.1. The van der Waals surface area contributed by atoms with Gasteiger partial charge in [-0.25, -0.2) is 12.8 Å². The lowest BCUT2D eigenvalue weighted by Crippen LogP contribution is -2.11. The van der Waals surface area contributed by atoms with Crippen LogP contribution in [0.4, 0.5) is 4.39 Å². The molecular formula is C11H14FNO2S. The molecule has 5 heteroatoms. The Kier molecular flexibility index (Phi) is 2.75. The smallest absolute Gasteiger partial charge is 0.151 e. The highest BCUT2D eigenvalue weighted by molar-refractivity contribution is 7.91. The third kappa shape index (κ3) is 1.97. The summed E-state index contributed by atoms with van der Waals surface area (Å²) in [6.45, 7) is 0.347. The summed E-state index contributed by atoms with van der Waals surface area (Å²) in [5, 5.41) is -0.400. The molecule has 3 nitrogen and oxygen atoms in total. The van der Waals surface area contributed by atoms with Crippen LogP contribution in [0.5, 0.6) is 0 Å². The maximum Gasteiger partial charge on any atom is 0.151 e. The van der Waals surface area contributed by atoms with Gasteiger partial charge in [-0.2, -0.15) is 0 Å². The highest BCUT2D eigenvalue weighted by Crippen LogP contribution is 2.51. The fourth-order valence-corrected chi connectivity index (χ4v) is 4.05. The summed E-state index contributed by atoms with van der Waals surface area (Å²) in [7, 11) is -3.07. The molecule has 1 aliphatic rings. The van der Waals surface area contributed by atoms with Crippen LogP contribution in [0.3, 0.4) is 0 Å². The van der Waals surface area contributed by atoms with Crippen LogP contribution in [0.25, 0.3) is 0 Å². The van der Waals surface area contributed by atoms with Crippen LogP contribution >= 0.6 is 0 Å². The van der Waals surface area contributed by atoms with E-state index in [4.69, 9.17) is 5.73 Å². The highest BCUT2D eigenvalue weighted by atomic mass is 32.2. The van der Waals surface area contributed by atoms with Crippen LogP contribution in [-0.2, 0) is 9.84 Å². The minimum atomic E-state index is -3.07. The van der Waals surface area contributed by atoms with Crippen molar-refractivity contribution in [3.63, 3.8) is 0 Å². The Labute approximate surface area is 94.4 Å². The van der Waals surface area contributed by atoms with Gasteiger partial charge in [0, 0.05) is 12.2 Å². The summed E-state index contributed by atoms with van der Waals surface area (Å²) in [5.41, 5.74) is 6.39. The summed E-state index contributed by atoms with van der Waals surface area (Å²) in [6.07, 6.45) is 1.23. The number of benzene rings is 1. The molecular weight excluding hydrogens is 229 g/mol. The molecule has 88 valence electrons. The van der Waals surface area contributed by atoms with E-state index in [0.717, 1.165) is 5.56 Å². The third-order valence-electron chi connectivity index (χ3n) is 3.12. The molecule has 0 unspecified atom stereocenters. The molecule has 1 aromatic carbocycles. The SMILES string of the molecule is CS(=O)(=O)[C@@H]1[C@H](CN)[C@@H]1c1ccc(F)cc1. The summed E-state index contributed by atoms with van der Waals surface area (Å²) >= 11 is 0. The largest absolute Gasteiger partial charge is 0.330 e.